The van der Waals surface area contributed by atoms with Crippen LogP contribution in [0.1, 0.15) is 30.4 Å². The third-order valence-electron chi connectivity index (χ3n) is 6.63. The van der Waals surface area contributed by atoms with Crippen LogP contribution >= 0.6 is 11.9 Å². The van der Waals surface area contributed by atoms with Crippen LogP contribution in [0.3, 0.4) is 0 Å². The summed E-state index contributed by atoms with van der Waals surface area (Å²) in [6, 6.07) is 18.7. The Bertz CT molecular complexity index is 1300. The first-order valence-corrected chi connectivity index (χ1v) is 13.2. The Morgan fingerprint density at radius 3 is 2.16 bits per heavy atom. The molecule has 0 amide bonds. The quantitative estimate of drug-likeness (QED) is 0.164. The minimum absolute atomic E-state index is 0.240. The van der Waals surface area contributed by atoms with Crippen LogP contribution in [-0.4, -0.2) is 43.3 Å². The van der Waals surface area contributed by atoms with Gasteiger partial charge in [-0.2, -0.15) is 5.10 Å². The number of likely N-dealkylation sites (tertiary alicyclic amines) is 1. The van der Waals surface area contributed by atoms with Crippen LogP contribution in [-0.2, 0) is 0 Å². The number of ether oxygens (including phenoxy) is 2. The van der Waals surface area contributed by atoms with Crippen molar-refractivity contribution in [3.8, 4) is 11.5 Å². The molecule has 2 heterocycles. The summed E-state index contributed by atoms with van der Waals surface area (Å²) in [4.78, 5) is 3.32. The molecule has 0 radical (unpaired) electrons. The molecule has 5 rings (SSSR count). The Hall–Kier alpha value is -3.69. The van der Waals surface area contributed by atoms with E-state index in [2.05, 4.69) is 14.4 Å². The normalized spacial score (nSPS) is 15.8. The van der Waals surface area contributed by atoms with E-state index in [0.29, 0.717) is 6.42 Å². The standard InChI is InChI=1S/C29H28F2N4O2S/c30-23-5-1-20(2-6-23)29(21-3-7-24(31)8-4-21)22-11-14-35(15-12-22)16-13-25(34-32)18-33-38-26-9-10-27-28(17-26)37-19-36-27/h1-10,17-18H,11-16,19,32H2. The fraction of sp³-hybridized carbons (Fsp3) is 0.241. The van der Waals surface area contributed by atoms with E-state index < -0.39 is 0 Å². The summed E-state index contributed by atoms with van der Waals surface area (Å²) in [7, 11) is 0. The van der Waals surface area contributed by atoms with Crippen molar-refractivity contribution in [2.45, 2.75) is 24.2 Å². The van der Waals surface area contributed by atoms with Crippen LogP contribution in [0.15, 0.2) is 86.7 Å². The maximum absolute atomic E-state index is 13.6. The Balaban J connectivity index is 1.19. The molecule has 0 spiro atoms. The molecule has 2 aliphatic rings. The molecule has 6 nitrogen and oxygen atoms in total. The third kappa shape index (κ3) is 6.41. The lowest BCUT2D eigenvalue weighted by atomic mass is 9.88. The van der Waals surface area contributed by atoms with Gasteiger partial charge in [0.05, 0.1) is 11.9 Å². The fourth-order valence-electron chi connectivity index (χ4n) is 4.62. The molecule has 9 heteroatoms. The molecule has 0 bridgehead atoms. The van der Waals surface area contributed by atoms with Crippen LogP contribution in [0, 0.1) is 11.6 Å². The predicted octanol–water partition coefficient (Wildman–Crippen LogP) is 6.07. The van der Waals surface area contributed by atoms with Gasteiger partial charge in [0.1, 0.15) is 11.6 Å². The second-order valence-electron chi connectivity index (χ2n) is 9.05. The van der Waals surface area contributed by atoms with Crippen molar-refractivity contribution in [2.24, 2.45) is 15.3 Å². The number of rotatable bonds is 8. The average Bonchev–Trinajstić information content (AvgIpc) is 3.42. The molecule has 196 valence electrons. The zero-order chi connectivity index (χ0) is 26.3. The second-order valence-corrected chi connectivity index (χ2v) is 9.91. The van der Waals surface area contributed by atoms with Crippen LogP contribution in [0.4, 0.5) is 8.78 Å². The van der Waals surface area contributed by atoms with Crippen molar-refractivity contribution in [1.82, 2.24) is 4.90 Å². The summed E-state index contributed by atoms with van der Waals surface area (Å²) >= 11 is 1.32. The van der Waals surface area contributed by atoms with E-state index in [-0.39, 0.29) is 18.4 Å². The van der Waals surface area contributed by atoms with Gasteiger partial charge in [-0.1, -0.05) is 29.8 Å². The van der Waals surface area contributed by atoms with Crippen LogP contribution < -0.4 is 15.3 Å². The van der Waals surface area contributed by atoms with Crippen LogP contribution in [0.5, 0.6) is 11.5 Å². The molecule has 38 heavy (non-hydrogen) atoms. The number of nitrogens with two attached hydrogens (primary N) is 1. The largest absolute Gasteiger partial charge is 0.454 e. The maximum Gasteiger partial charge on any atom is 0.231 e. The molecule has 1 fully saturated rings. The molecule has 2 N–H and O–H groups in total. The van der Waals surface area contributed by atoms with Gasteiger partial charge in [-0.15, -0.1) is 0 Å². The van der Waals surface area contributed by atoms with Crippen LogP contribution in [0.25, 0.3) is 5.57 Å². The molecule has 3 aromatic carbocycles. The SMILES string of the molecule is NN=C(C=NSc1ccc2c(c1)OCO2)CCN1CCC(=C(c2ccc(F)cc2)c2ccc(F)cc2)CC1. The van der Waals surface area contributed by atoms with Crippen molar-refractivity contribution in [1.29, 1.82) is 0 Å². The van der Waals surface area contributed by atoms with Crippen LogP contribution in [0.2, 0.25) is 0 Å². The minimum atomic E-state index is -0.276. The highest BCUT2D eigenvalue weighted by molar-refractivity contribution is 7.98. The van der Waals surface area contributed by atoms with E-state index in [1.807, 2.05) is 18.2 Å². The van der Waals surface area contributed by atoms with Gasteiger partial charge in [-0.05, 0) is 72.0 Å². The average molecular weight is 535 g/mol. The monoisotopic (exact) mass is 534 g/mol. The highest BCUT2D eigenvalue weighted by atomic mass is 32.2. The van der Waals surface area contributed by atoms with Gasteiger partial charge in [0.25, 0.3) is 0 Å². The highest BCUT2D eigenvalue weighted by Gasteiger charge is 2.20. The highest BCUT2D eigenvalue weighted by Crippen LogP contribution is 2.36. The van der Waals surface area contributed by atoms with Gasteiger partial charge < -0.3 is 20.2 Å². The first-order valence-electron chi connectivity index (χ1n) is 12.4. The van der Waals surface area contributed by atoms with E-state index in [1.165, 1.54) is 41.8 Å². The summed E-state index contributed by atoms with van der Waals surface area (Å²) in [5, 5.41) is 3.91. The van der Waals surface area contributed by atoms with E-state index in [9.17, 15) is 8.78 Å². The lowest BCUT2D eigenvalue weighted by Gasteiger charge is -2.30. The Labute approximate surface area is 225 Å². The van der Waals surface area contributed by atoms with E-state index in [0.717, 1.165) is 71.3 Å². The number of hydrogen-bond acceptors (Lipinski definition) is 7. The molecule has 2 aliphatic heterocycles. The minimum Gasteiger partial charge on any atom is -0.454 e. The van der Waals surface area contributed by atoms with E-state index in [1.54, 1.807) is 30.5 Å². The van der Waals surface area contributed by atoms with Gasteiger partial charge >= 0.3 is 0 Å². The summed E-state index contributed by atoms with van der Waals surface area (Å²) in [6.45, 7) is 2.81. The Kier molecular flexibility index (Phi) is 8.35. The van der Waals surface area contributed by atoms with Gasteiger partial charge in [0, 0.05) is 42.9 Å². The summed E-state index contributed by atoms with van der Waals surface area (Å²) < 4.78 is 42.3. The number of piperidine rings is 1. The van der Waals surface area contributed by atoms with Gasteiger partial charge in [0.2, 0.25) is 6.79 Å². The number of halogens is 2. The number of hydrazone groups is 1. The molecule has 0 saturated carbocycles. The van der Waals surface area contributed by atoms with Crippen molar-refractivity contribution >= 4 is 29.4 Å². The first kappa shape index (κ1) is 25.9. The van der Waals surface area contributed by atoms with Crippen molar-refractivity contribution in [2.75, 3.05) is 26.4 Å². The van der Waals surface area contributed by atoms with E-state index >= 15 is 0 Å². The molecule has 0 unspecified atom stereocenters. The van der Waals surface area contributed by atoms with Crippen molar-refractivity contribution in [3.63, 3.8) is 0 Å². The fourth-order valence-corrected chi connectivity index (χ4v) is 5.21. The number of hydrogen-bond donors (Lipinski definition) is 1. The number of fused-ring (bicyclic) bond motifs is 1. The summed E-state index contributed by atoms with van der Waals surface area (Å²) in [5.74, 6) is 6.53. The molecule has 1 saturated heterocycles. The first-order chi connectivity index (χ1) is 18.6. The molecular formula is C29H28F2N4O2S. The molecule has 0 atom stereocenters. The predicted molar refractivity (Wildman–Crippen MR) is 148 cm³/mol. The lowest BCUT2D eigenvalue weighted by Crippen LogP contribution is -2.33. The topological polar surface area (TPSA) is 72.4 Å². The number of benzene rings is 3. The third-order valence-corrected chi connectivity index (χ3v) is 7.31. The summed E-state index contributed by atoms with van der Waals surface area (Å²) in [5.41, 5.74) is 4.94. The lowest BCUT2D eigenvalue weighted by molar-refractivity contribution is 0.174. The maximum atomic E-state index is 13.6. The Morgan fingerprint density at radius 1 is 0.895 bits per heavy atom. The smallest absolute Gasteiger partial charge is 0.231 e. The zero-order valence-corrected chi connectivity index (χ0v) is 21.6. The molecule has 0 aromatic heterocycles. The second kappa shape index (κ2) is 12.2. The zero-order valence-electron chi connectivity index (χ0n) is 20.8. The van der Waals surface area contributed by atoms with Crippen molar-refractivity contribution < 1.29 is 18.3 Å². The molecule has 0 aliphatic carbocycles. The Morgan fingerprint density at radius 2 is 1.53 bits per heavy atom. The van der Waals surface area contributed by atoms with Gasteiger partial charge in [-0.25, -0.2) is 13.2 Å². The van der Waals surface area contributed by atoms with E-state index in [4.69, 9.17) is 15.3 Å². The molecule has 3 aromatic rings. The van der Waals surface area contributed by atoms with Gasteiger partial charge in [0.15, 0.2) is 11.5 Å². The van der Waals surface area contributed by atoms with Gasteiger partial charge in [-0.3, -0.25) is 0 Å². The summed E-state index contributed by atoms with van der Waals surface area (Å²) in [6.07, 6.45) is 4.12. The van der Waals surface area contributed by atoms with Crippen molar-refractivity contribution in [3.05, 3.63) is 95.1 Å². The number of nitrogens with zero attached hydrogens (tertiary/aromatic N) is 3. The molecular weight excluding hydrogens is 506 g/mol.